The van der Waals surface area contributed by atoms with Gasteiger partial charge in [-0.1, -0.05) is 18.2 Å². The number of nitrogens with one attached hydrogen (secondary N) is 1. The molecule has 0 saturated carbocycles. The number of likely N-dealkylation sites (tertiary alicyclic amines) is 1. The summed E-state index contributed by atoms with van der Waals surface area (Å²) in [6, 6.07) is 9.66. The van der Waals surface area contributed by atoms with Crippen molar-refractivity contribution in [2.45, 2.75) is 25.7 Å². The van der Waals surface area contributed by atoms with Crippen LogP contribution in [0.3, 0.4) is 0 Å². The van der Waals surface area contributed by atoms with E-state index in [4.69, 9.17) is 10.8 Å². The van der Waals surface area contributed by atoms with Crippen molar-refractivity contribution in [2.24, 2.45) is 0 Å². The van der Waals surface area contributed by atoms with E-state index in [1.807, 2.05) is 37.3 Å². The third-order valence-corrected chi connectivity index (χ3v) is 5.37. The van der Waals surface area contributed by atoms with Crippen LogP contribution < -0.4 is 11.1 Å². The minimum Gasteiger partial charge on any atom is -0.382 e. The molecule has 0 unspecified atom stereocenters. The van der Waals surface area contributed by atoms with Gasteiger partial charge in [0.1, 0.15) is 0 Å². The maximum Gasteiger partial charge on any atom is 0.276 e. The second kappa shape index (κ2) is 8.95. The van der Waals surface area contributed by atoms with E-state index in [1.54, 1.807) is 15.8 Å². The summed E-state index contributed by atoms with van der Waals surface area (Å²) in [5, 5.41) is 7.62. The first kappa shape index (κ1) is 20.5. The van der Waals surface area contributed by atoms with E-state index < -0.39 is 0 Å². The molecule has 3 N–H and O–H groups in total. The van der Waals surface area contributed by atoms with Crippen LogP contribution in [0.2, 0.25) is 0 Å². The molecule has 3 heterocycles. The third-order valence-electron chi connectivity index (χ3n) is 5.37. The zero-order valence-corrected chi connectivity index (χ0v) is 17.4. The summed E-state index contributed by atoms with van der Waals surface area (Å²) in [5.41, 5.74) is 8.10. The number of rotatable bonds is 5. The number of aromatic nitrogens is 4. The van der Waals surface area contributed by atoms with Crippen LogP contribution in [0.25, 0.3) is 5.69 Å². The number of carbonyl (C=O) groups excluding carboxylic acids is 2. The van der Waals surface area contributed by atoms with E-state index in [-0.39, 0.29) is 29.2 Å². The molecule has 160 valence electrons. The molecule has 9 heteroatoms. The Morgan fingerprint density at radius 3 is 2.71 bits per heavy atom. The summed E-state index contributed by atoms with van der Waals surface area (Å²) in [5.74, 6) is -0.372. The first-order valence-electron chi connectivity index (χ1n) is 10.4. The van der Waals surface area contributed by atoms with Crippen molar-refractivity contribution in [1.82, 2.24) is 30.0 Å². The minimum atomic E-state index is -0.252. The van der Waals surface area contributed by atoms with Crippen molar-refractivity contribution in [1.29, 1.82) is 0 Å². The Labute approximate surface area is 180 Å². The van der Waals surface area contributed by atoms with Crippen molar-refractivity contribution >= 4 is 17.6 Å². The van der Waals surface area contributed by atoms with Gasteiger partial charge in [0, 0.05) is 44.1 Å². The van der Waals surface area contributed by atoms with Crippen LogP contribution in [0.15, 0.2) is 48.9 Å². The van der Waals surface area contributed by atoms with E-state index in [2.05, 4.69) is 15.3 Å². The van der Waals surface area contributed by atoms with E-state index in [0.29, 0.717) is 30.9 Å². The Kier molecular flexibility index (Phi) is 5.92. The van der Waals surface area contributed by atoms with Crippen molar-refractivity contribution in [3.8, 4) is 5.69 Å². The summed E-state index contributed by atoms with van der Waals surface area (Å²) in [4.78, 5) is 35.5. The number of hydrogen-bond acceptors (Lipinski definition) is 6. The second-order valence-corrected chi connectivity index (χ2v) is 7.45. The van der Waals surface area contributed by atoms with Gasteiger partial charge in [-0.15, -0.1) is 0 Å². The molecule has 4 rings (SSSR count). The Bertz CT molecular complexity index is 1080. The highest BCUT2D eigenvalue weighted by atomic mass is 16.2. The quantitative estimate of drug-likeness (QED) is 0.653. The van der Waals surface area contributed by atoms with Crippen LogP contribution in [0, 0.1) is 0 Å². The van der Waals surface area contributed by atoms with E-state index >= 15 is 0 Å². The maximum absolute atomic E-state index is 13.0. The van der Waals surface area contributed by atoms with Gasteiger partial charge in [-0.05, 0) is 31.9 Å². The van der Waals surface area contributed by atoms with Crippen molar-refractivity contribution in [3.63, 3.8) is 0 Å². The molecule has 31 heavy (non-hydrogen) atoms. The lowest BCUT2D eigenvalue weighted by Gasteiger charge is -2.32. The van der Waals surface area contributed by atoms with Gasteiger partial charge in [0.25, 0.3) is 11.8 Å². The van der Waals surface area contributed by atoms with Crippen LogP contribution in [-0.2, 0) is 0 Å². The summed E-state index contributed by atoms with van der Waals surface area (Å²) in [6.45, 7) is 3.44. The molecule has 0 spiro atoms. The third kappa shape index (κ3) is 4.25. The number of hydrogen-bond donors (Lipinski definition) is 2. The molecule has 0 radical (unpaired) electrons. The van der Waals surface area contributed by atoms with Crippen LogP contribution in [-0.4, -0.2) is 56.1 Å². The number of amides is 2. The molecule has 2 aromatic heterocycles. The highest BCUT2D eigenvalue weighted by molar-refractivity contribution is 5.97. The largest absolute Gasteiger partial charge is 0.382 e. The Balaban J connectivity index is 1.64. The van der Waals surface area contributed by atoms with Gasteiger partial charge in [0.05, 0.1) is 16.9 Å². The lowest BCUT2D eigenvalue weighted by atomic mass is 9.92. The topological polar surface area (TPSA) is 119 Å². The Hall–Kier alpha value is -3.75. The zero-order chi connectivity index (χ0) is 21.8. The zero-order valence-electron chi connectivity index (χ0n) is 17.4. The van der Waals surface area contributed by atoms with Crippen molar-refractivity contribution in [3.05, 3.63) is 65.9 Å². The smallest absolute Gasteiger partial charge is 0.276 e. The minimum absolute atomic E-state index is 0.0711. The number of nitrogens with zero attached hydrogens (tertiary/aromatic N) is 5. The fourth-order valence-electron chi connectivity index (χ4n) is 3.88. The molecule has 9 nitrogen and oxygen atoms in total. The molecule has 0 bridgehead atoms. The number of piperidine rings is 1. The predicted molar refractivity (Wildman–Crippen MR) is 116 cm³/mol. The number of benzene rings is 1. The van der Waals surface area contributed by atoms with E-state index in [9.17, 15) is 9.59 Å². The summed E-state index contributed by atoms with van der Waals surface area (Å²) in [7, 11) is 0. The van der Waals surface area contributed by atoms with Crippen LogP contribution in [0.1, 0.15) is 52.2 Å². The number of nitrogens with two attached hydrogens (primary N) is 1. The Morgan fingerprint density at radius 1 is 1.19 bits per heavy atom. The van der Waals surface area contributed by atoms with Gasteiger partial charge in [-0.2, -0.15) is 5.10 Å². The second-order valence-electron chi connectivity index (χ2n) is 7.45. The van der Waals surface area contributed by atoms with Gasteiger partial charge in [0.15, 0.2) is 11.5 Å². The van der Waals surface area contributed by atoms with Gasteiger partial charge in [0.2, 0.25) is 0 Å². The Morgan fingerprint density at radius 2 is 1.97 bits per heavy atom. The number of carbonyl (C=O) groups is 2. The number of para-hydroxylation sites is 1. The molecule has 1 fully saturated rings. The molecular weight excluding hydrogens is 394 g/mol. The fraction of sp³-hybridized carbons (Fsp3) is 0.318. The molecule has 1 atom stereocenters. The first-order valence-corrected chi connectivity index (χ1v) is 10.4. The first-order chi connectivity index (χ1) is 15.1. The molecule has 3 aromatic rings. The van der Waals surface area contributed by atoms with E-state index in [0.717, 1.165) is 18.5 Å². The van der Waals surface area contributed by atoms with Gasteiger partial charge >= 0.3 is 0 Å². The molecule has 1 saturated heterocycles. The van der Waals surface area contributed by atoms with Crippen molar-refractivity contribution < 1.29 is 9.59 Å². The fourth-order valence-corrected chi connectivity index (χ4v) is 3.88. The lowest BCUT2D eigenvalue weighted by molar-refractivity contribution is 0.0700. The van der Waals surface area contributed by atoms with Crippen LogP contribution in [0.4, 0.5) is 5.82 Å². The summed E-state index contributed by atoms with van der Waals surface area (Å²) >= 11 is 0. The van der Waals surface area contributed by atoms with Gasteiger partial charge < -0.3 is 16.0 Å². The lowest BCUT2D eigenvalue weighted by Crippen LogP contribution is -2.40. The molecular formula is C22H25N7O2. The number of anilines is 1. The normalized spacial score (nSPS) is 16.2. The van der Waals surface area contributed by atoms with Crippen molar-refractivity contribution in [2.75, 3.05) is 25.4 Å². The monoisotopic (exact) mass is 419 g/mol. The van der Waals surface area contributed by atoms with Crippen LogP contribution in [0.5, 0.6) is 0 Å². The highest BCUT2D eigenvalue weighted by Crippen LogP contribution is 2.30. The summed E-state index contributed by atoms with van der Waals surface area (Å²) in [6.07, 6.45) is 6.30. The standard InChI is InChI=1S/C22H25N7O2/c1-2-24-21(30)17-14-29(16-8-4-3-5-9-16)27-18(17)15-7-6-12-28(13-15)22(31)19-20(23)26-11-10-25-19/h3-5,8-11,14-15H,2,6-7,12-13H2,1H3,(H2,23,26)(H,24,30)/t15-/m1/s1. The molecule has 1 aromatic carbocycles. The molecule has 0 aliphatic carbocycles. The summed E-state index contributed by atoms with van der Waals surface area (Å²) < 4.78 is 1.72. The molecule has 2 amide bonds. The highest BCUT2D eigenvalue weighted by Gasteiger charge is 2.31. The molecule has 1 aliphatic rings. The maximum atomic E-state index is 13.0. The average Bonchev–Trinajstić information content (AvgIpc) is 3.26. The van der Waals surface area contributed by atoms with Gasteiger partial charge in [-0.3, -0.25) is 9.59 Å². The average molecular weight is 419 g/mol. The van der Waals surface area contributed by atoms with E-state index in [1.165, 1.54) is 12.4 Å². The van der Waals surface area contributed by atoms with Gasteiger partial charge in [-0.25, -0.2) is 14.6 Å². The van der Waals surface area contributed by atoms with Crippen LogP contribution >= 0.6 is 0 Å². The number of nitrogen functional groups attached to an aromatic ring is 1. The molecule has 1 aliphatic heterocycles. The SMILES string of the molecule is CCNC(=O)c1cn(-c2ccccc2)nc1[C@@H]1CCCN(C(=O)c2nccnc2N)C1. The predicted octanol–water partition coefficient (Wildman–Crippen LogP) is 2.01.